The number of nitro groups is 1. The van der Waals surface area contributed by atoms with Crippen LogP contribution in [0.4, 0.5) is 11.4 Å². The average Bonchev–Trinajstić information content (AvgIpc) is 3.19. The SMILES string of the molecule is O=C1C(=Cc2cccc([N+](=O)[O-])c2)SC(=S)N1c1ccc2c(c1)OCO2. The van der Waals surface area contributed by atoms with Gasteiger partial charge in [-0.1, -0.05) is 36.1 Å². The standard InChI is InChI=1S/C17H10N2O5S2/c20-16-15(7-10-2-1-3-12(6-10)19(21)22)26-17(25)18(16)11-4-5-13-14(8-11)24-9-23-13/h1-8H,9H2. The van der Waals surface area contributed by atoms with Gasteiger partial charge in [0.15, 0.2) is 15.8 Å². The Bertz CT molecular complexity index is 989. The lowest BCUT2D eigenvalue weighted by atomic mass is 10.2. The Labute approximate surface area is 157 Å². The number of carbonyl (C=O) groups is 1. The summed E-state index contributed by atoms with van der Waals surface area (Å²) in [5.41, 5.74) is 1.11. The van der Waals surface area contributed by atoms with Crippen LogP contribution in [0.3, 0.4) is 0 Å². The fourth-order valence-electron chi connectivity index (χ4n) is 2.59. The first kappa shape index (κ1) is 16.6. The third-order valence-corrected chi connectivity index (χ3v) is 5.09. The van der Waals surface area contributed by atoms with Crippen molar-refractivity contribution in [1.29, 1.82) is 0 Å². The number of amides is 1. The average molecular weight is 386 g/mol. The molecule has 0 saturated carbocycles. The molecule has 9 heteroatoms. The number of benzene rings is 2. The van der Waals surface area contributed by atoms with Crippen molar-refractivity contribution < 1.29 is 19.2 Å². The second-order valence-corrected chi connectivity index (χ2v) is 7.08. The number of thiocarbonyl (C=S) groups is 1. The van der Waals surface area contributed by atoms with E-state index in [9.17, 15) is 14.9 Å². The Hall–Kier alpha value is -2.91. The molecule has 2 aromatic rings. The molecule has 0 aromatic heterocycles. The predicted molar refractivity (Wildman–Crippen MR) is 101 cm³/mol. The lowest BCUT2D eigenvalue weighted by Gasteiger charge is -2.14. The molecular formula is C17H10N2O5S2. The van der Waals surface area contributed by atoms with Gasteiger partial charge in [-0.25, -0.2) is 0 Å². The van der Waals surface area contributed by atoms with Crippen molar-refractivity contribution in [1.82, 2.24) is 0 Å². The zero-order valence-electron chi connectivity index (χ0n) is 13.1. The van der Waals surface area contributed by atoms with E-state index in [1.54, 1.807) is 36.4 Å². The van der Waals surface area contributed by atoms with Crippen LogP contribution in [0.25, 0.3) is 6.08 Å². The van der Waals surface area contributed by atoms with Crippen molar-refractivity contribution in [2.75, 3.05) is 11.7 Å². The summed E-state index contributed by atoms with van der Waals surface area (Å²) >= 11 is 6.48. The lowest BCUT2D eigenvalue weighted by Crippen LogP contribution is -2.27. The highest BCUT2D eigenvalue weighted by molar-refractivity contribution is 8.27. The minimum atomic E-state index is -0.477. The van der Waals surface area contributed by atoms with Crippen LogP contribution in [0.2, 0.25) is 0 Å². The number of anilines is 1. The van der Waals surface area contributed by atoms with Gasteiger partial charge >= 0.3 is 0 Å². The molecule has 2 aliphatic rings. The van der Waals surface area contributed by atoms with Gasteiger partial charge in [-0.05, 0) is 23.8 Å². The number of hydrogen-bond donors (Lipinski definition) is 0. The Morgan fingerprint density at radius 1 is 1.19 bits per heavy atom. The highest BCUT2D eigenvalue weighted by Gasteiger charge is 2.34. The van der Waals surface area contributed by atoms with E-state index in [0.717, 1.165) is 11.8 Å². The van der Waals surface area contributed by atoms with Gasteiger partial charge in [-0.3, -0.25) is 19.8 Å². The van der Waals surface area contributed by atoms with Crippen LogP contribution in [0.5, 0.6) is 11.5 Å². The van der Waals surface area contributed by atoms with Crippen molar-refractivity contribution in [2.24, 2.45) is 0 Å². The number of fused-ring (bicyclic) bond motifs is 1. The number of carbonyl (C=O) groups excluding carboxylic acids is 1. The summed E-state index contributed by atoms with van der Waals surface area (Å²) in [7, 11) is 0. The summed E-state index contributed by atoms with van der Waals surface area (Å²) in [6, 6.07) is 11.2. The van der Waals surface area contributed by atoms with Crippen molar-refractivity contribution in [2.45, 2.75) is 0 Å². The first-order valence-electron chi connectivity index (χ1n) is 7.45. The van der Waals surface area contributed by atoms with Gasteiger partial charge in [0, 0.05) is 18.2 Å². The Kier molecular flexibility index (Phi) is 4.09. The summed E-state index contributed by atoms with van der Waals surface area (Å²) < 4.78 is 11.0. The summed E-state index contributed by atoms with van der Waals surface area (Å²) in [5, 5.41) is 10.9. The molecule has 1 amide bonds. The summed E-state index contributed by atoms with van der Waals surface area (Å²) in [4.78, 5) is 25.0. The topological polar surface area (TPSA) is 81.9 Å². The van der Waals surface area contributed by atoms with Gasteiger partial charge in [-0.15, -0.1) is 0 Å². The Balaban J connectivity index is 1.65. The van der Waals surface area contributed by atoms with Gasteiger partial charge in [0.05, 0.1) is 15.5 Å². The fraction of sp³-hybridized carbons (Fsp3) is 0.0588. The van der Waals surface area contributed by atoms with E-state index in [-0.39, 0.29) is 18.4 Å². The number of thioether (sulfide) groups is 1. The van der Waals surface area contributed by atoms with E-state index < -0.39 is 4.92 Å². The summed E-state index contributed by atoms with van der Waals surface area (Å²) in [5.74, 6) is 0.885. The summed E-state index contributed by atoms with van der Waals surface area (Å²) in [6.45, 7) is 0.143. The van der Waals surface area contributed by atoms with E-state index in [1.165, 1.54) is 17.0 Å². The van der Waals surface area contributed by atoms with Crippen LogP contribution < -0.4 is 14.4 Å². The second kappa shape index (κ2) is 6.43. The molecule has 2 aromatic carbocycles. The fourth-order valence-corrected chi connectivity index (χ4v) is 3.89. The smallest absolute Gasteiger partial charge is 0.270 e. The molecule has 0 N–H and O–H groups in total. The largest absolute Gasteiger partial charge is 0.454 e. The molecular weight excluding hydrogens is 376 g/mol. The van der Waals surface area contributed by atoms with Crippen LogP contribution in [0.15, 0.2) is 47.4 Å². The number of hydrogen-bond acceptors (Lipinski definition) is 7. The highest BCUT2D eigenvalue weighted by atomic mass is 32.2. The number of non-ortho nitro benzene ring substituents is 1. The van der Waals surface area contributed by atoms with Crippen LogP contribution in [-0.2, 0) is 4.79 Å². The minimum Gasteiger partial charge on any atom is -0.454 e. The van der Waals surface area contributed by atoms with Crippen LogP contribution >= 0.6 is 24.0 Å². The molecule has 26 heavy (non-hydrogen) atoms. The Morgan fingerprint density at radius 3 is 2.81 bits per heavy atom. The summed E-state index contributed by atoms with van der Waals surface area (Å²) in [6.07, 6.45) is 1.60. The molecule has 2 aliphatic heterocycles. The van der Waals surface area contributed by atoms with Crippen LogP contribution in [0.1, 0.15) is 5.56 Å². The molecule has 130 valence electrons. The van der Waals surface area contributed by atoms with Crippen molar-refractivity contribution in [3.63, 3.8) is 0 Å². The van der Waals surface area contributed by atoms with Gasteiger partial charge in [0.25, 0.3) is 11.6 Å². The molecule has 0 spiro atoms. The van der Waals surface area contributed by atoms with E-state index in [1.807, 2.05) is 0 Å². The molecule has 2 heterocycles. The van der Waals surface area contributed by atoms with Crippen molar-refractivity contribution >= 4 is 51.7 Å². The number of nitro benzene ring substituents is 1. The Morgan fingerprint density at radius 2 is 2.00 bits per heavy atom. The first-order chi connectivity index (χ1) is 12.5. The molecule has 1 saturated heterocycles. The maximum Gasteiger partial charge on any atom is 0.270 e. The van der Waals surface area contributed by atoms with Crippen LogP contribution in [0, 0.1) is 10.1 Å². The normalized spacial score (nSPS) is 17.2. The monoisotopic (exact) mass is 386 g/mol. The number of rotatable bonds is 3. The molecule has 0 bridgehead atoms. The highest BCUT2D eigenvalue weighted by Crippen LogP contribution is 2.40. The van der Waals surface area contributed by atoms with Gasteiger partial charge in [0.1, 0.15) is 0 Å². The van der Waals surface area contributed by atoms with Crippen molar-refractivity contribution in [3.05, 3.63) is 63.0 Å². The molecule has 0 unspecified atom stereocenters. The number of ether oxygens (including phenoxy) is 2. The minimum absolute atomic E-state index is 0.0370. The second-order valence-electron chi connectivity index (χ2n) is 5.41. The predicted octanol–water partition coefficient (Wildman–Crippen LogP) is 3.73. The molecule has 4 rings (SSSR count). The quantitative estimate of drug-likeness (QED) is 0.344. The third kappa shape index (κ3) is 2.91. The van der Waals surface area contributed by atoms with E-state index >= 15 is 0 Å². The zero-order chi connectivity index (χ0) is 18.3. The maximum absolute atomic E-state index is 12.8. The van der Waals surface area contributed by atoms with Crippen molar-refractivity contribution in [3.8, 4) is 11.5 Å². The third-order valence-electron chi connectivity index (χ3n) is 3.79. The molecule has 1 fully saturated rings. The first-order valence-corrected chi connectivity index (χ1v) is 8.67. The van der Waals surface area contributed by atoms with Gasteiger partial charge in [-0.2, -0.15) is 0 Å². The van der Waals surface area contributed by atoms with E-state index in [2.05, 4.69) is 0 Å². The molecule has 0 atom stereocenters. The van der Waals surface area contributed by atoms with E-state index in [4.69, 9.17) is 21.7 Å². The zero-order valence-corrected chi connectivity index (χ0v) is 14.7. The molecule has 0 aliphatic carbocycles. The molecule has 0 radical (unpaired) electrons. The van der Waals surface area contributed by atoms with Gasteiger partial charge in [0.2, 0.25) is 6.79 Å². The van der Waals surface area contributed by atoms with E-state index in [0.29, 0.717) is 32.0 Å². The molecule has 7 nitrogen and oxygen atoms in total. The maximum atomic E-state index is 12.8. The van der Waals surface area contributed by atoms with Crippen LogP contribution in [-0.4, -0.2) is 21.9 Å². The number of nitrogens with zero attached hydrogens (tertiary/aromatic N) is 2. The van der Waals surface area contributed by atoms with Gasteiger partial charge < -0.3 is 9.47 Å². The lowest BCUT2D eigenvalue weighted by molar-refractivity contribution is -0.384.